The molecule has 0 bridgehead atoms. The molecule has 0 radical (unpaired) electrons. The van der Waals surface area contributed by atoms with Gasteiger partial charge in [-0.15, -0.1) is 0 Å². The number of carbonyl (C=O) groups excluding carboxylic acids is 2. The number of aromatic hydroxyl groups is 1. The van der Waals surface area contributed by atoms with E-state index in [1.165, 1.54) is 18.3 Å². The number of hydrazone groups is 1. The largest absolute Gasteiger partial charge is 0.508 e. The van der Waals surface area contributed by atoms with E-state index in [4.69, 9.17) is 4.74 Å². The average molecular weight is 422 g/mol. The zero-order chi connectivity index (χ0) is 22.2. The normalized spacial score (nSPS) is 12.2. The van der Waals surface area contributed by atoms with E-state index in [0.717, 1.165) is 16.5 Å². The van der Waals surface area contributed by atoms with Gasteiger partial charge in [-0.3, -0.25) is 4.79 Å². The lowest BCUT2D eigenvalue weighted by Gasteiger charge is -2.17. The number of benzene rings is 2. The minimum Gasteiger partial charge on any atom is -0.508 e. The second-order valence-corrected chi connectivity index (χ2v) is 7.58. The first-order valence-electron chi connectivity index (χ1n) is 10.0. The molecule has 31 heavy (non-hydrogen) atoms. The van der Waals surface area contributed by atoms with Crippen molar-refractivity contribution in [3.05, 3.63) is 65.9 Å². The van der Waals surface area contributed by atoms with Crippen molar-refractivity contribution in [2.75, 3.05) is 6.61 Å². The summed E-state index contributed by atoms with van der Waals surface area (Å²) >= 11 is 0. The van der Waals surface area contributed by atoms with E-state index < -0.39 is 18.0 Å². The number of hydrogen-bond donors (Lipinski definition) is 4. The summed E-state index contributed by atoms with van der Waals surface area (Å²) in [5.74, 6) is -0.146. The number of amides is 2. The number of nitrogens with zero attached hydrogens (tertiary/aromatic N) is 1. The minimum absolute atomic E-state index is 0.143. The van der Waals surface area contributed by atoms with Crippen molar-refractivity contribution in [3.63, 3.8) is 0 Å². The van der Waals surface area contributed by atoms with Crippen LogP contribution in [-0.4, -0.2) is 41.0 Å². The number of aromatic amines is 1. The third-order valence-corrected chi connectivity index (χ3v) is 4.54. The summed E-state index contributed by atoms with van der Waals surface area (Å²) in [5, 5.41) is 16.9. The fourth-order valence-electron chi connectivity index (χ4n) is 2.96. The summed E-state index contributed by atoms with van der Waals surface area (Å²) in [4.78, 5) is 28.1. The van der Waals surface area contributed by atoms with Crippen LogP contribution >= 0.6 is 0 Å². The number of para-hydroxylation sites is 1. The predicted molar refractivity (Wildman–Crippen MR) is 119 cm³/mol. The highest BCUT2D eigenvalue weighted by molar-refractivity contribution is 5.89. The molecule has 1 atom stereocenters. The third kappa shape index (κ3) is 6.33. The van der Waals surface area contributed by atoms with E-state index in [-0.39, 0.29) is 24.7 Å². The molecule has 162 valence electrons. The van der Waals surface area contributed by atoms with Crippen LogP contribution in [-0.2, 0) is 16.0 Å². The molecular formula is C23H26N4O4. The Bertz CT molecular complexity index is 1060. The van der Waals surface area contributed by atoms with Gasteiger partial charge in [-0.1, -0.05) is 32.0 Å². The summed E-state index contributed by atoms with van der Waals surface area (Å²) in [6.07, 6.45) is 2.89. The van der Waals surface area contributed by atoms with Gasteiger partial charge < -0.3 is 20.1 Å². The van der Waals surface area contributed by atoms with Gasteiger partial charge in [-0.2, -0.15) is 5.10 Å². The first-order valence-corrected chi connectivity index (χ1v) is 10.0. The maximum atomic E-state index is 12.8. The average Bonchev–Trinajstić information content (AvgIpc) is 3.16. The lowest BCUT2D eigenvalue weighted by molar-refractivity contribution is -0.123. The van der Waals surface area contributed by atoms with Crippen molar-refractivity contribution in [1.82, 2.24) is 15.7 Å². The Morgan fingerprint density at radius 2 is 1.90 bits per heavy atom. The fourth-order valence-corrected chi connectivity index (χ4v) is 2.96. The number of phenolic OH excluding ortho intramolecular Hbond substituents is 1. The van der Waals surface area contributed by atoms with Gasteiger partial charge in [0.1, 0.15) is 11.8 Å². The Kier molecular flexibility index (Phi) is 7.26. The van der Waals surface area contributed by atoms with E-state index in [1.807, 2.05) is 44.3 Å². The molecule has 3 rings (SSSR count). The van der Waals surface area contributed by atoms with E-state index in [2.05, 4.69) is 20.8 Å². The molecule has 1 aromatic heterocycles. The predicted octanol–water partition coefficient (Wildman–Crippen LogP) is 3.32. The van der Waals surface area contributed by atoms with Gasteiger partial charge in [0.2, 0.25) is 0 Å². The van der Waals surface area contributed by atoms with Crippen LogP contribution in [0, 0.1) is 5.92 Å². The molecule has 0 unspecified atom stereocenters. The van der Waals surface area contributed by atoms with Crippen molar-refractivity contribution < 1.29 is 19.4 Å². The van der Waals surface area contributed by atoms with Gasteiger partial charge in [-0.25, -0.2) is 10.2 Å². The van der Waals surface area contributed by atoms with Crippen LogP contribution in [0.3, 0.4) is 0 Å². The van der Waals surface area contributed by atoms with Gasteiger partial charge >= 0.3 is 6.09 Å². The second kappa shape index (κ2) is 10.3. The van der Waals surface area contributed by atoms with E-state index in [1.54, 1.807) is 12.1 Å². The van der Waals surface area contributed by atoms with E-state index in [0.29, 0.717) is 5.56 Å². The fraction of sp³-hybridized carbons (Fsp3) is 0.261. The number of aromatic nitrogens is 1. The molecule has 4 N–H and O–H groups in total. The first kappa shape index (κ1) is 21.9. The number of H-pyrrole nitrogens is 1. The molecule has 0 saturated heterocycles. The number of carbonyl (C=O) groups is 2. The Balaban J connectivity index is 1.71. The highest BCUT2D eigenvalue weighted by atomic mass is 16.5. The van der Waals surface area contributed by atoms with Gasteiger partial charge in [0.15, 0.2) is 0 Å². The van der Waals surface area contributed by atoms with Gasteiger partial charge in [0.05, 0.1) is 12.8 Å². The molecule has 0 spiro atoms. The Hall–Kier alpha value is -3.81. The quantitative estimate of drug-likeness (QED) is 0.329. The SMILES string of the molecule is CC(C)COC(=O)N[C@H](Cc1c[nH]c2ccccc12)C(=O)N/N=C\c1ccc(O)cc1. The van der Waals surface area contributed by atoms with Crippen molar-refractivity contribution in [2.45, 2.75) is 26.3 Å². The van der Waals surface area contributed by atoms with Gasteiger partial charge in [0.25, 0.3) is 5.91 Å². The monoisotopic (exact) mass is 422 g/mol. The molecule has 0 aliphatic carbocycles. The molecule has 8 heteroatoms. The zero-order valence-corrected chi connectivity index (χ0v) is 17.5. The van der Waals surface area contributed by atoms with Crippen LogP contribution in [0.4, 0.5) is 4.79 Å². The number of alkyl carbamates (subject to hydrolysis) is 1. The van der Waals surface area contributed by atoms with E-state index in [9.17, 15) is 14.7 Å². The third-order valence-electron chi connectivity index (χ3n) is 4.54. The Labute approximate surface area is 180 Å². The number of rotatable bonds is 8. The molecule has 1 heterocycles. The summed E-state index contributed by atoms with van der Waals surface area (Å²) in [6, 6.07) is 13.2. The van der Waals surface area contributed by atoms with Crippen molar-refractivity contribution in [1.29, 1.82) is 0 Å². The minimum atomic E-state index is -0.879. The Morgan fingerprint density at radius 1 is 1.16 bits per heavy atom. The highest BCUT2D eigenvalue weighted by Crippen LogP contribution is 2.19. The molecule has 0 saturated carbocycles. The van der Waals surface area contributed by atoms with Crippen LogP contribution in [0.5, 0.6) is 5.75 Å². The van der Waals surface area contributed by atoms with Crippen LogP contribution in [0.15, 0.2) is 59.8 Å². The van der Waals surface area contributed by atoms with Crippen LogP contribution in [0.25, 0.3) is 10.9 Å². The van der Waals surface area contributed by atoms with Crippen molar-refractivity contribution in [3.8, 4) is 5.75 Å². The molecular weight excluding hydrogens is 396 g/mol. The number of hydrogen-bond acceptors (Lipinski definition) is 5. The van der Waals surface area contributed by atoms with Gasteiger partial charge in [-0.05, 0) is 47.4 Å². The first-order chi connectivity index (χ1) is 14.9. The topological polar surface area (TPSA) is 116 Å². The molecule has 3 aromatic rings. The molecule has 0 aliphatic rings. The zero-order valence-electron chi connectivity index (χ0n) is 17.5. The van der Waals surface area contributed by atoms with E-state index >= 15 is 0 Å². The summed E-state index contributed by atoms with van der Waals surface area (Å²) in [5.41, 5.74) is 5.01. The molecule has 0 fully saturated rings. The van der Waals surface area contributed by atoms with Crippen molar-refractivity contribution >= 4 is 29.1 Å². The molecule has 8 nitrogen and oxygen atoms in total. The summed E-state index contributed by atoms with van der Waals surface area (Å²) < 4.78 is 5.18. The van der Waals surface area contributed by atoms with Crippen LogP contribution < -0.4 is 10.7 Å². The lowest BCUT2D eigenvalue weighted by Crippen LogP contribution is -2.47. The maximum Gasteiger partial charge on any atom is 0.407 e. The smallest absolute Gasteiger partial charge is 0.407 e. The van der Waals surface area contributed by atoms with Gasteiger partial charge in [0, 0.05) is 23.5 Å². The summed E-state index contributed by atoms with van der Waals surface area (Å²) in [6.45, 7) is 4.12. The van der Waals surface area contributed by atoms with Crippen LogP contribution in [0.1, 0.15) is 25.0 Å². The van der Waals surface area contributed by atoms with Crippen molar-refractivity contribution in [2.24, 2.45) is 11.0 Å². The molecule has 0 aliphatic heterocycles. The standard InChI is InChI=1S/C23H26N4O4/c1-15(2)14-31-23(30)26-21(11-17-13-24-20-6-4-3-5-19(17)20)22(29)27-25-12-16-7-9-18(28)10-8-16/h3-10,12-13,15,21,24,28H,11,14H2,1-2H3,(H,26,30)(H,27,29)/b25-12-/t21-/m1/s1. The summed E-state index contributed by atoms with van der Waals surface area (Å²) in [7, 11) is 0. The molecule has 2 aromatic carbocycles. The lowest BCUT2D eigenvalue weighted by atomic mass is 10.0. The maximum absolute atomic E-state index is 12.8. The Morgan fingerprint density at radius 3 is 2.65 bits per heavy atom. The number of phenols is 1. The second-order valence-electron chi connectivity index (χ2n) is 7.58. The van der Waals surface area contributed by atoms with Crippen LogP contribution in [0.2, 0.25) is 0 Å². The number of ether oxygens (including phenoxy) is 1. The highest BCUT2D eigenvalue weighted by Gasteiger charge is 2.23. The number of fused-ring (bicyclic) bond motifs is 1. The number of nitrogens with one attached hydrogen (secondary N) is 3. The molecule has 2 amide bonds.